The highest BCUT2D eigenvalue weighted by atomic mass is 16.3. The lowest BCUT2D eigenvalue weighted by molar-refractivity contribution is 0.266. The van der Waals surface area contributed by atoms with E-state index in [4.69, 9.17) is 9.68 Å². The molecule has 0 bridgehead atoms. The number of hydrogen-bond donors (Lipinski definition) is 0. The van der Waals surface area contributed by atoms with E-state index in [2.05, 4.69) is 36.1 Å². The maximum atomic E-state index is 9.24. The molecule has 1 aromatic heterocycles. The second kappa shape index (κ2) is 7.27. The topological polar surface area (TPSA) is 64.0 Å². The molecule has 2 aromatic carbocycles. The molecule has 0 N–H and O–H groups in total. The Labute approximate surface area is 159 Å². The molecular weight excluding hydrogens is 334 g/mol. The van der Waals surface area contributed by atoms with E-state index in [1.165, 1.54) is 19.4 Å². The van der Waals surface area contributed by atoms with Crippen LogP contribution in [-0.4, -0.2) is 24.0 Å². The third-order valence-electron chi connectivity index (χ3n) is 5.50. The zero-order valence-corrected chi connectivity index (χ0v) is 15.4. The molecule has 0 spiro atoms. The molecule has 0 amide bonds. The first-order chi connectivity index (χ1) is 13.2. The van der Waals surface area contributed by atoms with Crippen molar-refractivity contribution in [3.63, 3.8) is 0 Å². The molecular formula is C23H21N3O. The van der Waals surface area contributed by atoms with E-state index >= 15 is 0 Å². The summed E-state index contributed by atoms with van der Waals surface area (Å²) in [7, 11) is 0. The maximum absolute atomic E-state index is 9.24. The molecule has 1 saturated heterocycles. The molecule has 2 heterocycles. The van der Waals surface area contributed by atoms with Crippen LogP contribution in [-0.2, 0) is 6.42 Å². The van der Waals surface area contributed by atoms with E-state index in [0.717, 1.165) is 40.8 Å². The van der Waals surface area contributed by atoms with Gasteiger partial charge in [0.1, 0.15) is 23.5 Å². The monoisotopic (exact) mass is 355 g/mol. The van der Waals surface area contributed by atoms with Gasteiger partial charge in [-0.3, -0.25) is 0 Å². The summed E-state index contributed by atoms with van der Waals surface area (Å²) in [5.41, 5.74) is 3.56. The van der Waals surface area contributed by atoms with Crippen molar-refractivity contribution in [2.75, 3.05) is 13.1 Å². The second-order valence-corrected chi connectivity index (χ2v) is 7.23. The van der Waals surface area contributed by atoms with Crippen LogP contribution in [0.2, 0.25) is 0 Å². The minimum atomic E-state index is 0.398. The molecule has 1 aliphatic heterocycles. The fraction of sp³-hybridized carbons (Fsp3) is 0.304. The van der Waals surface area contributed by atoms with Crippen LogP contribution in [0, 0.1) is 22.7 Å². The Kier molecular flexibility index (Phi) is 4.67. The average Bonchev–Trinajstić information content (AvgIpc) is 3.30. The molecule has 0 saturated carbocycles. The summed E-state index contributed by atoms with van der Waals surface area (Å²) in [6.07, 6.45) is 3.50. The zero-order valence-electron chi connectivity index (χ0n) is 15.4. The summed E-state index contributed by atoms with van der Waals surface area (Å²) in [6.45, 7) is 4.52. The first-order valence-corrected chi connectivity index (χ1v) is 9.39. The Morgan fingerprint density at radius 2 is 1.81 bits per heavy atom. The van der Waals surface area contributed by atoms with Crippen LogP contribution in [0.4, 0.5) is 0 Å². The van der Waals surface area contributed by atoms with Crippen LogP contribution in [0.3, 0.4) is 0 Å². The highest BCUT2D eigenvalue weighted by Crippen LogP contribution is 2.28. The number of furan rings is 1. The summed E-state index contributed by atoms with van der Waals surface area (Å²) < 4.78 is 6.08. The van der Waals surface area contributed by atoms with Crippen molar-refractivity contribution in [2.24, 2.45) is 0 Å². The van der Waals surface area contributed by atoms with Crippen molar-refractivity contribution in [3.8, 4) is 23.3 Å². The van der Waals surface area contributed by atoms with Gasteiger partial charge >= 0.3 is 0 Å². The smallest absolute Gasteiger partial charge is 0.134 e. The van der Waals surface area contributed by atoms with Crippen LogP contribution in [0.15, 0.2) is 46.9 Å². The van der Waals surface area contributed by atoms with Gasteiger partial charge in [-0.05, 0) is 61.7 Å². The van der Waals surface area contributed by atoms with E-state index in [-0.39, 0.29) is 0 Å². The molecule has 1 atom stereocenters. The van der Waals surface area contributed by atoms with Crippen LogP contribution in [0.1, 0.15) is 36.7 Å². The zero-order chi connectivity index (χ0) is 18.8. The molecule has 4 heteroatoms. The van der Waals surface area contributed by atoms with E-state index in [0.29, 0.717) is 17.2 Å². The number of hydrogen-bond acceptors (Lipinski definition) is 4. The highest BCUT2D eigenvalue weighted by Gasteiger charge is 2.20. The first kappa shape index (κ1) is 17.3. The first-order valence-electron chi connectivity index (χ1n) is 9.39. The lowest BCUT2D eigenvalue weighted by atomic mass is 9.99. The van der Waals surface area contributed by atoms with E-state index < -0.39 is 0 Å². The summed E-state index contributed by atoms with van der Waals surface area (Å²) in [5.74, 6) is 1.01. The molecule has 0 radical (unpaired) electrons. The van der Waals surface area contributed by atoms with Crippen molar-refractivity contribution in [1.82, 2.24) is 4.90 Å². The second-order valence-electron chi connectivity index (χ2n) is 7.23. The van der Waals surface area contributed by atoms with Gasteiger partial charge < -0.3 is 9.32 Å². The molecule has 134 valence electrons. The predicted octanol–water partition coefficient (Wildman–Crippen LogP) is 4.87. The van der Waals surface area contributed by atoms with Gasteiger partial charge in [0.15, 0.2) is 0 Å². The summed E-state index contributed by atoms with van der Waals surface area (Å²) in [6, 6.07) is 18.4. The minimum absolute atomic E-state index is 0.398. The molecule has 3 aromatic rings. The molecule has 0 aliphatic carbocycles. The standard InChI is InChI=1S/C23H21N3O/c1-16-3-2-9-26(16)10-8-22-12-19-6-4-18(13-23(19)27-22)17-5-7-20(14-24)21(11-17)15-25/h4-7,11-13,16H,2-3,8-10H2,1H3/t16-/m1/s1. The lowest BCUT2D eigenvalue weighted by Crippen LogP contribution is -2.28. The van der Waals surface area contributed by atoms with Gasteiger partial charge in [-0.25, -0.2) is 0 Å². The maximum Gasteiger partial charge on any atom is 0.134 e. The number of nitrogens with zero attached hydrogens (tertiary/aromatic N) is 3. The van der Waals surface area contributed by atoms with Crippen molar-refractivity contribution in [2.45, 2.75) is 32.2 Å². The number of nitriles is 2. The summed E-state index contributed by atoms with van der Waals surface area (Å²) in [4.78, 5) is 2.53. The quantitative estimate of drug-likeness (QED) is 0.670. The van der Waals surface area contributed by atoms with Crippen LogP contribution in [0.5, 0.6) is 0 Å². The molecule has 4 rings (SSSR count). The average molecular weight is 355 g/mol. The van der Waals surface area contributed by atoms with Crippen LogP contribution in [0.25, 0.3) is 22.1 Å². The minimum Gasteiger partial charge on any atom is -0.461 e. The van der Waals surface area contributed by atoms with Gasteiger partial charge in [0.2, 0.25) is 0 Å². The number of likely N-dealkylation sites (tertiary alicyclic amines) is 1. The van der Waals surface area contributed by atoms with E-state index in [1.807, 2.05) is 18.2 Å². The summed E-state index contributed by atoms with van der Waals surface area (Å²) >= 11 is 0. The summed E-state index contributed by atoms with van der Waals surface area (Å²) in [5, 5.41) is 19.4. The van der Waals surface area contributed by atoms with Gasteiger partial charge in [0.05, 0.1) is 11.1 Å². The van der Waals surface area contributed by atoms with Gasteiger partial charge in [-0.15, -0.1) is 0 Å². The number of fused-ring (bicyclic) bond motifs is 1. The van der Waals surface area contributed by atoms with Gasteiger partial charge in [0, 0.05) is 24.4 Å². The molecule has 27 heavy (non-hydrogen) atoms. The normalized spacial score (nSPS) is 17.1. The molecule has 1 fully saturated rings. The lowest BCUT2D eigenvalue weighted by Gasteiger charge is -2.19. The fourth-order valence-electron chi connectivity index (χ4n) is 3.88. The van der Waals surface area contributed by atoms with Crippen molar-refractivity contribution >= 4 is 11.0 Å². The van der Waals surface area contributed by atoms with Gasteiger partial charge in [-0.1, -0.05) is 18.2 Å². The van der Waals surface area contributed by atoms with Gasteiger partial charge in [0.25, 0.3) is 0 Å². The number of rotatable bonds is 4. The van der Waals surface area contributed by atoms with E-state index in [1.54, 1.807) is 12.1 Å². The molecule has 0 unspecified atom stereocenters. The Bertz CT molecular complexity index is 1070. The molecule has 4 nitrogen and oxygen atoms in total. The van der Waals surface area contributed by atoms with Crippen molar-refractivity contribution in [1.29, 1.82) is 10.5 Å². The highest BCUT2D eigenvalue weighted by molar-refractivity contribution is 5.84. The van der Waals surface area contributed by atoms with E-state index in [9.17, 15) is 5.26 Å². The Morgan fingerprint density at radius 3 is 2.56 bits per heavy atom. The van der Waals surface area contributed by atoms with Crippen LogP contribution >= 0.6 is 0 Å². The Hall–Kier alpha value is -3.08. The van der Waals surface area contributed by atoms with Crippen LogP contribution < -0.4 is 0 Å². The molecule has 1 aliphatic rings. The predicted molar refractivity (Wildman–Crippen MR) is 105 cm³/mol. The van der Waals surface area contributed by atoms with Crippen molar-refractivity contribution in [3.05, 3.63) is 59.4 Å². The largest absolute Gasteiger partial charge is 0.461 e. The third-order valence-corrected chi connectivity index (χ3v) is 5.50. The Morgan fingerprint density at radius 1 is 1.04 bits per heavy atom. The third kappa shape index (κ3) is 3.45. The Balaban J connectivity index is 1.58. The fourth-order valence-corrected chi connectivity index (χ4v) is 3.88. The SMILES string of the molecule is C[C@@H]1CCCN1CCc1cc2ccc(-c3ccc(C#N)c(C#N)c3)cc2o1. The van der Waals surface area contributed by atoms with Gasteiger partial charge in [-0.2, -0.15) is 10.5 Å². The number of benzene rings is 2. The van der Waals surface area contributed by atoms with Crippen molar-refractivity contribution < 1.29 is 4.42 Å².